The Morgan fingerprint density at radius 2 is 2.02 bits per heavy atom. The summed E-state index contributed by atoms with van der Waals surface area (Å²) in [4.78, 5) is 47.6. The predicted molar refractivity (Wildman–Crippen MR) is 155 cm³/mol. The molecule has 4 amide bonds. The number of hydrogen-bond acceptors (Lipinski definition) is 5. The Hall–Kier alpha value is -4.64. The van der Waals surface area contributed by atoms with Crippen LogP contribution in [0.3, 0.4) is 0 Å². The molecule has 0 spiro atoms. The topological polar surface area (TPSA) is 94.6 Å². The van der Waals surface area contributed by atoms with Crippen molar-refractivity contribution in [2.45, 2.75) is 25.8 Å². The number of halogens is 2. The third kappa shape index (κ3) is 4.61. The molecule has 0 bridgehead atoms. The van der Waals surface area contributed by atoms with E-state index in [1.54, 1.807) is 35.4 Å². The molecule has 2 aromatic carbocycles. The number of urea groups is 1. The summed E-state index contributed by atoms with van der Waals surface area (Å²) < 4.78 is 28.6. The van der Waals surface area contributed by atoms with Gasteiger partial charge in [-0.15, -0.1) is 11.3 Å². The lowest BCUT2D eigenvalue weighted by molar-refractivity contribution is -0.127. The molecular weight excluding hydrogens is 548 g/mol. The largest absolute Gasteiger partial charge is 0.347 e. The van der Waals surface area contributed by atoms with E-state index in [4.69, 9.17) is 0 Å². The van der Waals surface area contributed by atoms with Crippen molar-refractivity contribution in [3.8, 4) is 11.1 Å². The van der Waals surface area contributed by atoms with Crippen LogP contribution in [0.25, 0.3) is 21.3 Å². The van der Waals surface area contributed by atoms with Crippen molar-refractivity contribution >= 4 is 56.5 Å². The summed E-state index contributed by atoms with van der Waals surface area (Å²) in [6.07, 6.45) is 4.30. The van der Waals surface area contributed by atoms with E-state index in [0.29, 0.717) is 50.8 Å². The van der Waals surface area contributed by atoms with E-state index in [0.717, 1.165) is 24.5 Å². The lowest BCUT2D eigenvalue weighted by Crippen LogP contribution is -2.49. The number of carbonyl (C=O) groups is 3. The van der Waals surface area contributed by atoms with Crippen LogP contribution in [0, 0.1) is 18.6 Å². The molecule has 0 saturated carbocycles. The summed E-state index contributed by atoms with van der Waals surface area (Å²) in [7, 11) is 0. The second kappa shape index (κ2) is 10.4. The molecule has 0 radical (unpaired) electrons. The van der Waals surface area contributed by atoms with Gasteiger partial charge in [-0.05, 0) is 55.2 Å². The van der Waals surface area contributed by atoms with Gasteiger partial charge in [-0.2, -0.15) is 0 Å². The number of thiophene rings is 1. The van der Waals surface area contributed by atoms with Crippen LogP contribution in [-0.4, -0.2) is 46.9 Å². The van der Waals surface area contributed by atoms with E-state index >= 15 is 0 Å². The van der Waals surface area contributed by atoms with E-state index in [2.05, 4.69) is 22.2 Å². The Kier molecular flexibility index (Phi) is 6.74. The Balaban J connectivity index is 1.37. The number of carbonyl (C=O) groups excluding carboxylic acids is 3. The van der Waals surface area contributed by atoms with Gasteiger partial charge >= 0.3 is 6.03 Å². The van der Waals surface area contributed by atoms with Gasteiger partial charge in [-0.3, -0.25) is 14.5 Å². The number of likely N-dealkylation sites (tertiary alicyclic amines) is 1. The highest BCUT2D eigenvalue weighted by Gasteiger charge is 2.34. The fourth-order valence-corrected chi connectivity index (χ4v) is 6.43. The van der Waals surface area contributed by atoms with Crippen molar-refractivity contribution in [2.75, 3.05) is 23.3 Å². The van der Waals surface area contributed by atoms with Crippen molar-refractivity contribution in [2.24, 2.45) is 0 Å². The quantitative estimate of drug-likeness (QED) is 0.281. The number of aryl methyl sites for hydroxylation is 1. The number of pyridine rings is 1. The highest BCUT2D eigenvalue weighted by Crippen LogP contribution is 2.46. The average molecular weight is 574 g/mol. The number of benzene rings is 2. The van der Waals surface area contributed by atoms with Crippen molar-refractivity contribution in [1.29, 1.82) is 0 Å². The third-order valence-corrected chi connectivity index (χ3v) is 8.50. The van der Waals surface area contributed by atoms with Crippen LogP contribution in [0.1, 0.15) is 28.1 Å². The van der Waals surface area contributed by atoms with Gasteiger partial charge in [-0.25, -0.2) is 18.6 Å². The van der Waals surface area contributed by atoms with Crippen LogP contribution in [0.15, 0.2) is 61.3 Å². The Labute approximate surface area is 238 Å². The smallest absolute Gasteiger partial charge is 0.331 e. The summed E-state index contributed by atoms with van der Waals surface area (Å²) in [5, 5.41) is 6.48. The summed E-state index contributed by atoms with van der Waals surface area (Å²) in [5.41, 5.74) is 2.59. The molecule has 2 aromatic heterocycles. The van der Waals surface area contributed by atoms with Gasteiger partial charge in [-0.1, -0.05) is 30.8 Å². The molecule has 1 fully saturated rings. The molecule has 208 valence electrons. The first-order valence-electron chi connectivity index (χ1n) is 13.1. The number of piperidine rings is 1. The maximum atomic E-state index is 14.6. The number of aromatic nitrogens is 1. The van der Waals surface area contributed by atoms with Gasteiger partial charge in [0.05, 0.1) is 22.4 Å². The molecule has 1 unspecified atom stereocenters. The summed E-state index contributed by atoms with van der Waals surface area (Å²) in [5.74, 6) is -2.47. The zero-order valence-corrected chi connectivity index (χ0v) is 22.9. The van der Waals surface area contributed by atoms with Crippen LogP contribution >= 0.6 is 11.3 Å². The first-order valence-corrected chi connectivity index (χ1v) is 13.9. The number of anilines is 3. The summed E-state index contributed by atoms with van der Waals surface area (Å²) in [6, 6.07) is 9.97. The first kappa shape index (κ1) is 26.6. The van der Waals surface area contributed by atoms with Gasteiger partial charge in [0, 0.05) is 30.9 Å². The molecular formula is C30H25F2N5O3S. The summed E-state index contributed by atoms with van der Waals surface area (Å²) in [6.45, 7) is 6.34. The molecule has 1 atom stereocenters. The minimum atomic E-state index is -0.970. The average Bonchev–Trinajstić information content (AvgIpc) is 3.34. The van der Waals surface area contributed by atoms with E-state index in [9.17, 15) is 23.2 Å². The maximum absolute atomic E-state index is 14.6. The van der Waals surface area contributed by atoms with Crippen molar-refractivity contribution < 1.29 is 23.2 Å². The Morgan fingerprint density at radius 3 is 2.83 bits per heavy atom. The van der Waals surface area contributed by atoms with Gasteiger partial charge in [0.15, 0.2) is 11.6 Å². The second-order valence-electron chi connectivity index (χ2n) is 9.99. The van der Waals surface area contributed by atoms with Gasteiger partial charge < -0.3 is 15.5 Å². The maximum Gasteiger partial charge on any atom is 0.331 e. The molecule has 2 aliphatic rings. The lowest BCUT2D eigenvalue weighted by atomic mass is 10.0. The molecule has 1 saturated heterocycles. The number of rotatable bonds is 5. The van der Waals surface area contributed by atoms with Crippen LogP contribution in [0.2, 0.25) is 0 Å². The molecule has 41 heavy (non-hydrogen) atoms. The summed E-state index contributed by atoms with van der Waals surface area (Å²) >= 11 is 1.17. The Morgan fingerprint density at radius 1 is 1.20 bits per heavy atom. The van der Waals surface area contributed by atoms with E-state index in [1.165, 1.54) is 34.4 Å². The molecule has 11 heteroatoms. The van der Waals surface area contributed by atoms with Crippen LogP contribution in [-0.2, 0) is 4.79 Å². The van der Waals surface area contributed by atoms with Crippen molar-refractivity contribution in [1.82, 2.24) is 15.2 Å². The number of amides is 4. The molecule has 4 heterocycles. The molecule has 6 rings (SSSR count). The third-order valence-electron chi connectivity index (χ3n) is 7.41. The fourth-order valence-electron chi connectivity index (χ4n) is 5.40. The van der Waals surface area contributed by atoms with Gasteiger partial charge in [0.25, 0.3) is 5.91 Å². The standard InChI is InChI=1S/C30H25F2N5O3S/c1-3-23(38)36-13-5-6-18(15-36)34-28(39)27-26-24-21(11-12-33-29(24)41-27)37(30(40)35-26)22-14-17(10-9-16(22)2)19-7-4-8-20(31)25(19)32/h3-4,7-12,14,18H,1,5-6,13,15H2,2H3,(H,34,39)(H,35,40). The highest BCUT2D eigenvalue weighted by atomic mass is 32.1. The zero-order chi connectivity index (χ0) is 28.8. The molecule has 8 nitrogen and oxygen atoms in total. The van der Waals surface area contributed by atoms with E-state index in [-0.39, 0.29) is 23.4 Å². The fraction of sp³-hybridized carbons (Fsp3) is 0.200. The highest BCUT2D eigenvalue weighted by molar-refractivity contribution is 7.21. The first-order chi connectivity index (χ1) is 19.8. The lowest BCUT2D eigenvalue weighted by Gasteiger charge is -2.32. The van der Waals surface area contributed by atoms with Crippen molar-refractivity contribution in [3.05, 3.63) is 83.4 Å². The predicted octanol–water partition coefficient (Wildman–Crippen LogP) is 6.14. The molecule has 4 aromatic rings. The number of nitrogens with zero attached hydrogens (tertiary/aromatic N) is 3. The van der Waals surface area contributed by atoms with Gasteiger partial charge in [0.2, 0.25) is 5.91 Å². The van der Waals surface area contributed by atoms with E-state index in [1.807, 2.05) is 6.92 Å². The number of nitrogens with one attached hydrogen (secondary N) is 2. The minimum absolute atomic E-state index is 0.0785. The normalized spacial score (nSPS) is 16.5. The van der Waals surface area contributed by atoms with Crippen molar-refractivity contribution in [3.63, 3.8) is 0 Å². The zero-order valence-electron chi connectivity index (χ0n) is 22.0. The monoisotopic (exact) mass is 573 g/mol. The molecule has 2 N–H and O–H groups in total. The number of hydrogen-bond donors (Lipinski definition) is 2. The van der Waals surface area contributed by atoms with Gasteiger partial charge in [0.1, 0.15) is 9.71 Å². The molecule has 2 aliphatic heterocycles. The van der Waals surface area contributed by atoms with Crippen LogP contribution < -0.4 is 15.5 Å². The minimum Gasteiger partial charge on any atom is -0.347 e. The SMILES string of the molecule is C=CC(=O)N1CCCC(NC(=O)c2sc3nccc4c3c2NC(=O)N4c2cc(-c3cccc(F)c3F)ccc2C)C1. The Bertz CT molecular complexity index is 1750. The van der Waals surface area contributed by atoms with E-state index < -0.39 is 17.7 Å². The molecule has 0 aliphatic carbocycles. The second-order valence-corrected chi connectivity index (χ2v) is 11.0. The van der Waals surface area contributed by atoms with Crippen LogP contribution in [0.4, 0.5) is 30.6 Å². The van der Waals surface area contributed by atoms with Crippen LogP contribution in [0.5, 0.6) is 0 Å².